The fourth-order valence-electron chi connectivity index (χ4n) is 3.77. The molecule has 0 radical (unpaired) electrons. The van der Waals surface area contributed by atoms with Crippen LogP contribution in [0.15, 0.2) is 48.0 Å². The average Bonchev–Trinajstić information content (AvgIpc) is 3.01. The highest BCUT2D eigenvalue weighted by atomic mass is 16.5. The van der Waals surface area contributed by atoms with E-state index in [2.05, 4.69) is 13.8 Å². The first kappa shape index (κ1) is 23.5. The Kier molecular flexibility index (Phi) is 7.36. The van der Waals surface area contributed by atoms with Crippen LogP contribution in [0.25, 0.3) is 5.76 Å². The predicted molar refractivity (Wildman–Crippen MR) is 124 cm³/mol. The number of amides is 1. The van der Waals surface area contributed by atoms with Gasteiger partial charge in [0.25, 0.3) is 11.7 Å². The normalized spacial score (nSPS) is 17.9. The molecule has 1 amide bonds. The van der Waals surface area contributed by atoms with Gasteiger partial charge in [-0.05, 0) is 49.1 Å². The third kappa shape index (κ3) is 4.86. The molecule has 0 aromatic heterocycles. The molecule has 170 valence electrons. The van der Waals surface area contributed by atoms with Crippen LogP contribution in [0.4, 0.5) is 0 Å². The number of carbonyl (C=O) groups excluding carboxylic acids is 2. The Morgan fingerprint density at radius 3 is 2.38 bits per heavy atom. The van der Waals surface area contributed by atoms with Gasteiger partial charge in [0.2, 0.25) is 0 Å². The molecule has 1 heterocycles. The van der Waals surface area contributed by atoms with Crippen molar-refractivity contribution in [2.24, 2.45) is 5.92 Å². The molecule has 3 rings (SSSR count). The highest BCUT2D eigenvalue weighted by Gasteiger charge is 2.45. The second kappa shape index (κ2) is 10.0. The van der Waals surface area contributed by atoms with Crippen molar-refractivity contribution in [1.82, 2.24) is 4.90 Å². The van der Waals surface area contributed by atoms with Crippen molar-refractivity contribution in [3.63, 3.8) is 0 Å². The SMILES string of the molecule is COCCN1C(=O)C(=O)C(=C(O)c2ccc(OCC(C)C)c(C)c2)[C@H]1c1ccc(C)cc1. The monoisotopic (exact) mass is 437 g/mol. The van der Waals surface area contributed by atoms with Gasteiger partial charge in [0, 0.05) is 19.2 Å². The van der Waals surface area contributed by atoms with Crippen LogP contribution >= 0.6 is 0 Å². The Hall–Kier alpha value is -3.12. The van der Waals surface area contributed by atoms with E-state index in [9.17, 15) is 14.7 Å². The molecule has 1 aliphatic heterocycles. The minimum Gasteiger partial charge on any atom is -0.507 e. The van der Waals surface area contributed by atoms with Crippen LogP contribution in [0.1, 0.15) is 42.1 Å². The molecule has 6 nitrogen and oxygen atoms in total. The molecule has 0 spiro atoms. The van der Waals surface area contributed by atoms with Crippen molar-refractivity contribution in [2.75, 3.05) is 26.9 Å². The van der Waals surface area contributed by atoms with Crippen LogP contribution in [-0.4, -0.2) is 48.6 Å². The quantitative estimate of drug-likeness (QED) is 0.376. The Bertz CT molecular complexity index is 1020. The molecule has 1 N–H and O–H groups in total. The van der Waals surface area contributed by atoms with Gasteiger partial charge in [-0.3, -0.25) is 9.59 Å². The number of ether oxygens (including phenoxy) is 2. The molecule has 2 aromatic carbocycles. The number of methoxy groups -OCH3 is 1. The number of carbonyl (C=O) groups is 2. The van der Waals surface area contributed by atoms with Gasteiger partial charge in [-0.2, -0.15) is 0 Å². The maximum Gasteiger partial charge on any atom is 0.295 e. The number of aliphatic hydroxyl groups is 1. The second-order valence-corrected chi connectivity index (χ2v) is 8.58. The van der Waals surface area contributed by atoms with E-state index in [0.29, 0.717) is 18.1 Å². The summed E-state index contributed by atoms with van der Waals surface area (Å²) >= 11 is 0. The number of likely N-dealkylation sites (tertiary alicyclic amines) is 1. The fourth-order valence-corrected chi connectivity index (χ4v) is 3.77. The second-order valence-electron chi connectivity index (χ2n) is 8.58. The van der Waals surface area contributed by atoms with Gasteiger partial charge in [-0.15, -0.1) is 0 Å². The van der Waals surface area contributed by atoms with Gasteiger partial charge < -0.3 is 19.5 Å². The highest BCUT2D eigenvalue weighted by molar-refractivity contribution is 6.46. The summed E-state index contributed by atoms with van der Waals surface area (Å²) in [4.78, 5) is 27.3. The lowest BCUT2D eigenvalue weighted by Crippen LogP contribution is -2.32. The Morgan fingerprint density at radius 1 is 1.09 bits per heavy atom. The predicted octanol–water partition coefficient (Wildman–Crippen LogP) is 4.41. The maximum atomic E-state index is 13.0. The summed E-state index contributed by atoms with van der Waals surface area (Å²) in [6.45, 7) is 9.13. The summed E-state index contributed by atoms with van der Waals surface area (Å²) in [5.41, 5.74) is 3.23. The Balaban J connectivity index is 2.06. The minimum atomic E-state index is -0.693. The third-order valence-corrected chi connectivity index (χ3v) is 5.49. The zero-order valence-electron chi connectivity index (χ0n) is 19.3. The van der Waals surface area contributed by atoms with Crippen molar-refractivity contribution in [2.45, 2.75) is 33.7 Å². The molecule has 1 fully saturated rings. The molecular weight excluding hydrogens is 406 g/mol. The number of hydrogen-bond acceptors (Lipinski definition) is 5. The summed E-state index contributed by atoms with van der Waals surface area (Å²) in [7, 11) is 1.54. The van der Waals surface area contributed by atoms with E-state index in [1.54, 1.807) is 25.3 Å². The Labute approximate surface area is 189 Å². The molecule has 2 aromatic rings. The Morgan fingerprint density at radius 2 is 1.78 bits per heavy atom. The van der Waals surface area contributed by atoms with E-state index >= 15 is 0 Å². The first-order valence-electron chi connectivity index (χ1n) is 10.8. The lowest BCUT2D eigenvalue weighted by Gasteiger charge is -2.25. The number of hydrogen-bond donors (Lipinski definition) is 1. The standard InChI is InChI=1S/C26H31NO5/c1-16(2)15-32-21-11-10-20(14-18(21)4)24(28)22-23(19-8-6-17(3)7-9-19)27(12-13-31-5)26(30)25(22)29/h6-11,14,16,23,28H,12-13,15H2,1-5H3/t23-/m1/s1. The zero-order chi connectivity index (χ0) is 23.4. The van der Waals surface area contributed by atoms with Crippen molar-refractivity contribution in [3.8, 4) is 5.75 Å². The number of Topliss-reactive ketones (excluding diaryl/α,β-unsaturated/α-hetero) is 1. The van der Waals surface area contributed by atoms with Crippen molar-refractivity contribution in [1.29, 1.82) is 0 Å². The van der Waals surface area contributed by atoms with Gasteiger partial charge in [-0.25, -0.2) is 0 Å². The molecule has 32 heavy (non-hydrogen) atoms. The average molecular weight is 438 g/mol. The van der Waals surface area contributed by atoms with E-state index in [1.807, 2.05) is 38.1 Å². The van der Waals surface area contributed by atoms with E-state index in [4.69, 9.17) is 9.47 Å². The smallest absolute Gasteiger partial charge is 0.295 e. The lowest BCUT2D eigenvalue weighted by atomic mass is 9.94. The number of aliphatic hydroxyl groups excluding tert-OH is 1. The lowest BCUT2D eigenvalue weighted by molar-refractivity contribution is -0.140. The van der Waals surface area contributed by atoms with Crippen molar-refractivity contribution < 1.29 is 24.2 Å². The summed E-state index contributed by atoms with van der Waals surface area (Å²) in [6, 6.07) is 12.2. The summed E-state index contributed by atoms with van der Waals surface area (Å²) in [5, 5.41) is 11.2. The van der Waals surface area contributed by atoms with Crippen molar-refractivity contribution >= 4 is 17.4 Å². The molecule has 6 heteroatoms. The van der Waals surface area contributed by atoms with Crippen LogP contribution < -0.4 is 4.74 Å². The van der Waals surface area contributed by atoms with Crippen LogP contribution in [-0.2, 0) is 14.3 Å². The number of aryl methyl sites for hydroxylation is 2. The number of ketones is 1. The van der Waals surface area contributed by atoms with Gasteiger partial charge in [0.05, 0.1) is 24.8 Å². The molecule has 0 bridgehead atoms. The highest BCUT2D eigenvalue weighted by Crippen LogP contribution is 2.39. The molecule has 1 atom stereocenters. The number of rotatable bonds is 8. The number of benzene rings is 2. The van der Waals surface area contributed by atoms with Crippen LogP contribution in [0.2, 0.25) is 0 Å². The van der Waals surface area contributed by atoms with Crippen LogP contribution in [0.5, 0.6) is 5.75 Å². The van der Waals surface area contributed by atoms with E-state index in [-0.39, 0.29) is 24.5 Å². The maximum absolute atomic E-state index is 13.0. The van der Waals surface area contributed by atoms with Crippen molar-refractivity contribution in [3.05, 3.63) is 70.3 Å². The molecule has 1 aliphatic rings. The minimum absolute atomic E-state index is 0.0882. The van der Waals surface area contributed by atoms with E-state index in [1.165, 1.54) is 4.90 Å². The first-order valence-corrected chi connectivity index (χ1v) is 10.8. The summed E-state index contributed by atoms with van der Waals surface area (Å²) in [6.07, 6.45) is 0. The molecule has 0 unspecified atom stereocenters. The van der Waals surface area contributed by atoms with Gasteiger partial charge >= 0.3 is 0 Å². The summed E-state index contributed by atoms with van der Waals surface area (Å²) in [5.74, 6) is -0.400. The van der Waals surface area contributed by atoms with Crippen LogP contribution in [0.3, 0.4) is 0 Å². The fraction of sp³-hybridized carbons (Fsp3) is 0.385. The summed E-state index contributed by atoms with van der Waals surface area (Å²) < 4.78 is 11.0. The molecule has 0 aliphatic carbocycles. The first-order chi connectivity index (χ1) is 15.2. The van der Waals surface area contributed by atoms with Crippen LogP contribution in [0, 0.1) is 19.8 Å². The van der Waals surface area contributed by atoms with E-state index < -0.39 is 17.7 Å². The molecule has 1 saturated heterocycles. The largest absolute Gasteiger partial charge is 0.507 e. The van der Waals surface area contributed by atoms with Gasteiger partial charge in [0.15, 0.2) is 0 Å². The topological polar surface area (TPSA) is 76.1 Å². The zero-order valence-corrected chi connectivity index (χ0v) is 19.3. The molecule has 0 saturated carbocycles. The third-order valence-electron chi connectivity index (χ3n) is 5.49. The van der Waals surface area contributed by atoms with Gasteiger partial charge in [0.1, 0.15) is 11.5 Å². The molecular formula is C26H31NO5. The van der Waals surface area contributed by atoms with Gasteiger partial charge in [-0.1, -0.05) is 43.7 Å². The van der Waals surface area contributed by atoms with E-state index in [0.717, 1.165) is 22.4 Å². The number of nitrogens with zero attached hydrogens (tertiary/aromatic N) is 1.